The maximum Gasteiger partial charge on any atom is 0.263 e. The van der Waals surface area contributed by atoms with Gasteiger partial charge < -0.3 is 14.6 Å². The van der Waals surface area contributed by atoms with Gasteiger partial charge in [0, 0.05) is 10.9 Å². The van der Waals surface area contributed by atoms with Gasteiger partial charge in [0.15, 0.2) is 12.4 Å². The highest BCUT2D eigenvalue weighted by Gasteiger charge is 2.21. The van der Waals surface area contributed by atoms with Crippen molar-refractivity contribution in [1.29, 1.82) is 0 Å². The summed E-state index contributed by atoms with van der Waals surface area (Å²) in [5, 5.41) is 7.31. The smallest absolute Gasteiger partial charge is 0.263 e. The number of carbonyl (C=O) groups excluding carboxylic acids is 1. The first-order valence-corrected chi connectivity index (χ1v) is 8.63. The van der Waals surface area contributed by atoms with Crippen molar-refractivity contribution < 1.29 is 14.1 Å². The van der Waals surface area contributed by atoms with Gasteiger partial charge in [0.25, 0.3) is 5.91 Å². The zero-order chi connectivity index (χ0) is 16.5. The molecule has 3 aromatic rings. The molecule has 7 nitrogen and oxygen atoms in total. The number of amides is 1. The molecule has 0 radical (unpaired) electrons. The molecule has 0 spiro atoms. The summed E-state index contributed by atoms with van der Waals surface area (Å²) >= 11 is 1.70. The third-order valence-electron chi connectivity index (χ3n) is 3.95. The lowest BCUT2D eigenvalue weighted by Crippen LogP contribution is -2.20. The first kappa shape index (κ1) is 15.1. The van der Waals surface area contributed by atoms with E-state index in [1.807, 2.05) is 0 Å². The van der Waals surface area contributed by atoms with Gasteiger partial charge in [-0.2, -0.15) is 0 Å². The van der Waals surface area contributed by atoms with Gasteiger partial charge in [0.1, 0.15) is 16.9 Å². The first-order chi connectivity index (χ1) is 11.7. The predicted octanol–water partition coefficient (Wildman–Crippen LogP) is 2.88. The number of rotatable bonds is 4. The van der Waals surface area contributed by atoms with Crippen molar-refractivity contribution in [3.63, 3.8) is 0 Å². The third-order valence-corrected chi connectivity index (χ3v) is 5.15. The van der Waals surface area contributed by atoms with Crippen LogP contribution in [0.4, 0.5) is 5.82 Å². The van der Waals surface area contributed by atoms with E-state index in [4.69, 9.17) is 9.26 Å². The first-order valence-electron chi connectivity index (χ1n) is 7.82. The minimum absolute atomic E-state index is 0.136. The van der Waals surface area contributed by atoms with Crippen LogP contribution in [0.5, 0.6) is 5.88 Å². The number of hydrogen-bond donors (Lipinski definition) is 1. The van der Waals surface area contributed by atoms with E-state index in [0.29, 0.717) is 17.5 Å². The molecule has 0 saturated carbocycles. The summed E-state index contributed by atoms with van der Waals surface area (Å²) in [5.41, 5.74) is 1.28. The maximum absolute atomic E-state index is 12.0. The highest BCUT2D eigenvalue weighted by atomic mass is 32.1. The standard InChI is InChI=1S/C16H16N4O3S/c1-9-6-12(20-23-9)19-13(21)7-22-15-14-10-4-2-3-5-11(10)24-16(14)18-8-17-15/h6,8H,2-5,7H2,1H3,(H,19,20,21). The fourth-order valence-corrected chi connectivity index (χ4v) is 4.13. The van der Waals surface area contributed by atoms with Crippen LogP contribution in [0, 0.1) is 6.92 Å². The number of aryl methyl sites for hydroxylation is 3. The molecular formula is C16H16N4O3S. The van der Waals surface area contributed by atoms with E-state index in [0.717, 1.165) is 23.1 Å². The zero-order valence-electron chi connectivity index (χ0n) is 13.2. The normalized spacial score (nSPS) is 13.7. The van der Waals surface area contributed by atoms with Crippen LogP contribution < -0.4 is 10.1 Å². The molecule has 3 heterocycles. The van der Waals surface area contributed by atoms with Crippen molar-refractivity contribution in [2.75, 3.05) is 11.9 Å². The minimum atomic E-state index is -0.306. The molecule has 1 aliphatic carbocycles. The Morgan fingerprint density at radius 2 is 2.25 bits per heavy atom. The van der Waals surface area contributed by atoms with E-state index in [1.54, 1.807) is 24.3 Å². The molecule has 0 fully saturated rings. The van der Waals surface area contributed by atoms with E-state index >= 15 is 0 Å². The van der Waals surface area contributed by atoms with Crippen LogP contribution in [0.2, 0.25) is 0 Å². The zero-order valence-corrected chi connectivity index (χ0v) is 14.0. The second kappa shape index (κ2) is 6.20. The molecule has 24 heavy (non-hydrogen) atoms. The predicted molar refractivity (Wildman–Crippen MR) is 89.4 cm³/mol. The number of fused-ring (bicyclic) bond motifs is 3. The summed E-state index contributed by atoms with van der Waals surface area (Å²) in [7, 11) is 0. The van der Waals surface area contributed by atoms with Gasteiger partial charge in [-0.15, -0.1) is 11.3 Å². The van der Waals surface area contributed by atoms with Crippen molar-refractivity contribution in [1.82, 2.24) is 15.1 Å². The van der Waals surface area contributed by atoms with Crippen LogP contribution in [0.25, 0.3) is 10.2 Å². The maximum atomic E-state index is 12.0. The lowest BCUT2D eigenvalue weighted by atomic mass is 9.97. The average Bonchev–Trinajstić information content (AvgIpc) is 3.16. The van der Waals surface area contributed by atoms with Crippen LogP contribution in [0.15, 0.2) is 16.9 Å². The van der Waals surface area contributed by atoms with Crippen LogP contribution in [-0.4, -0.2) is 27.6 Å². The summed E-state index contributed by atoms with van der Waals surface area (Å²) in [6.07, 6.45) is 5.96. The van der Waals surface area contributed by atoms with Gasteiger partial charge in [-0.1, -0.05) is 5.16 Å². The third kappa shape index (κ3) is 2.84. The Morgan fingerprint density at radius 1 is 1.38 bits per heavy atom. The molecular weight excluding hydrogens is 328 g/mol. The molecule has 0 atom stereocenters. The summed E-state index contributed by atoms with van der Waals surface area (Å²) in [6, 6.07) is 1.65. The lowest BCUT2D eigenvalue weighted by Gasteiger charge is -2.11. The molecule has 3 aromatic heterocycles. The molecule has 1 N–H and O–H groups in total. The summed E-state index contributed by atoms with van der Waals surface area (Å²) in [5.74, 6) is 1.18. The Bertz CT molecular complexity index is 902. The Balaban J connectivity index is 1.52. The van der Waals surface area contributed by atoms with Gasteiger partial charge in [-0.3, -0.25) is 4.79 Å². The van der Waals surface area contributed by atoms with Crippen LogP contribution in [0.3, 0.4) is 0 Å². The van der Waals surface area contributed by atoms with E-state index in [9.17, 15) is 4.79 Å². The van der Waals surface area contributed by atoms with Crippen molar-refractivity contribution in [2.45, 2.75) is 32.6 Å². The van der Waals surface area contributed by atoms with Crippen LogP contribution in [-0.2, 0) is 17.6 Å². The minimum Gasteiger partial charge on any atom is -0.467 e. The number of aromatic nitrogens is 3. The Hall–Kier alpha value is -2.48. The number of thiophene rings is 1. The second-order valence-electron chi connectivity index (χ2n) is 5.73. The summed E-state index contributed by atoms with van der Waals surface area (Å²) in [4.78, 5) is 22.9. The Labute approximate surface area is 142 Å². The van der Waals surface area contributed by atoms with Gasteiger partial charge in [0.2, 0.25) is 5.88 Å². The highest BCUT2D eigenvalue weighted by molar-refractivity contribution is 7.18. The molecule has 1 amide bonds. The fraction of sp³-hybridized carbons (Fsp3) is 0.375. The number of anilines is 1. The van der Waals surface area contributed by atoms with E-state index in [1.165, 1.54) is 29.6 Å². The largest absolute Gasteiger partial charge is 0.467 e. The Morgan fingerprint density at radius 3 is 3.08 bits per heavy atom. The average molecular weight is 344 g/mol. The molecule has 8 heteroatoms. The number of hydrogen-bond acceptors (Lipinski definition) is 7. The molecule has 4 rings (SSSR count). The molecule has 0 bridgehead atoms. The summed E-state index contributed by atoms with van der Waals surface area (Å²) in [6.45, 7) is 1.62. The molecule has 0 saturated heterocycles. The van der Waals surface area contributed by atoms with Gasteiger partial charge in [-0.05, 0) is 38.2 Å². The van der Waals surface area contributed by atoms with Crippen molar-refractivity contribution in [3.8, 4) is 5.88 Å². The molecule has 1 aliphatic rings. The monoisotopic (exact) mass is 344 g/mol. The van der Waals surface area contributed by atoms with E-state index in [-0.39, 0.29) is 12.5 Å². The van der Waals surface area contributed by atoms with Crippen LogP contribution in [0.1, 0.15) is 29.0 Å². The molecule has 124 valence electrons. The highest BCUT2D eigenvalue weighted by Crippen LogP contribution is 2.38. The Kier molecular flexibility index (Phi) is 3.89. The van der Waals surface area contributed by atoms with Gasteiger partial charge in [0.05, 0.1) is 5.39 Å². The fourth-order valence-electron chi connectivity index (χ4n) is 2.91. The van der Waals surface area contributed by atoms with Crippen molar-refractivity contribution in [2.24, 2.45) is 0 Å². The number of carbonyl (C=O) groups is 1. The number of ether oxygens (including phenoxy) is 1. The van der Waals surface area contributed by atoms with Gasteiger partial charge >= 0.3 is 0 Å². The topological polar surface area (TPSA) is 90.1 Å². The molecule has 0 aliphatic heterocycles. The van der Waals surface area contributed by atoms with Crippen molar-refractivity contribution in [3.05, 3.63) is 28.6 Å². The molecule has 0 unspecified atom stereocenters. The lowest BCUT2D eigenvalue weighted by molar-refractivity contribution is -0.118. The number of nitrogens with one attached hydrogen (secondary N) is 1. The number of nitrogens with zero attached hydrogens (tertiary/aromatic N) is 3. The summed E-state index contributed by atoms with van der Waals surface area (Å²) < 4.78 is 10.6. The SMILES string of the molecule is Cc1cc(NC(=O)COc2ncnc3sc4c(c23)CCCC4)no1. The second-order valence-corrected chi connectivity index (χ2v) is 6.81. The van der Waals surface area contributed by atoms with Crippen molar-refractivity contribution >= 4 is 33.3 Å². The van der Waals surface area contributed by atoms with E-state index < -0.39 is 0 Å². The van der Waals surface area contributed by atoms with Gasteiger partial charge in [-0.25, -0.2) is 9.97 Å². The molecule has 0 aromatic carbocycles. The van der Waals surface area contributed by atoms with E-state index in [2.05, 4.69) is 20.4 Å². The quantitative estimate of drug-likeness (QED) is 0.783. The van der Waals surface area contributed by atoms with Crippen LogP contribution >= 0.6 is 11.3 Å².